The van der Waals surface area contributed by atoms with E-state index in [0.29, 0.717) is 48.1 Å². The molecule has 3 aromatic rings. The molecule has 5 nitrogen and oxygen atoms in total. The minimum absolute atomic E-state index is 0.0932. The molecule has 172 valence electrons. The Bertz CT molecular complexity index is 1260. The normalized spacial score (nSPS) is 27.9. The van der Waals surface area contributed by atoms with Gasteiger partial charge in [-0.1, -0.05) is 30.3 Å². The summed E-state index contributed by atoms with van der Waals surface area (Å²) in [6, 6.07) is 22.9. The fourth-order valence-electron chi connectivity index (χ4n) is 6.94. The minimum Gasteiger partial charge on any atom is -0.486 e. The Hall–Kier alpha value is -3.47. The first kappa shape index (κ1) is 20.0. The zero-order chi connectivity index (χ0) is 22.6. The highest BCUT2D eigenvalue weighted by atomic mass is 16.6. The highest BCUT2D eigenvalue weighted by molar-refractivity contribution is 6.05. The summed E-state index contributed by atoms with van der Waals surface area (Å²) < 4.78 is 11.3. The lowest BCUT2D eigenvalue weighted by Gasteiger charge is -2.43. The molecule has 2 N–H and O–H groups in total. The van der Waals surface area contributed by atoms with Gasteiger partial charge in [0.05, 0.1) is 6.04 Å². The van der Waals surface area contributed by atoms with Crippen molar-refractivity contribution in [1.29, 1.82) is 0 Å². The van der Waals surface area contributed by atoms with Crippen LogP contribution in [-0.4, -0.2) is 19.1 Å². The summed E-state index contributed by atoms with van der Waals surface area (Å²) in [4.78, 5) is 13.2. The minimum atomic E-state index is -0.0932. The second-order valence-electron chi connectivity index (χ2n) is 10.1. The number of amides is 1. The monoisotopic (exact) mass is 452 g/mol. The molecule has 2 bridgehead atoms. The predicted molar refractivity (Wildman–Crippen MR) is 132 cm³/mol. The molecule has 1 amide bonds. The van der Waals surface area contributed by atoms with E-state index >= 15 is 0 Å². The van der Waals surface area contributed by atoms with Crippen LogP contribution in [0.15, 0.2) is 66.7 Å². The Morgan fingerprint density at radius 1 is 0.882 bits per heavy atom. The Balaban J connectivity index is 1.20. The third-order valence-electron chi connectivity index (χ3n) is 8.31. The molecule has 0 aromatic heterocycles. The van der Waals surface area contributed by atoms with Crippen LogP contribution in [0.5, 0.6) is 11.5 Å². The fraction of sp³-hybridized carbons (Fsp3) is 0.345. The molecular weight excluding hydrogens is 424 g/mol. The summed E-state index contributed by atoms with van der Waals surface area (Å²) in [5.74, 6) is 3.89. The van der Waals surface area contributed by atoms with Crippen molar-refractivity contribution in [2.75, 3.05) is 23.8 Å². The van der Waals surface area contributed by atoms with Crippen LogP contribution in [0.4, 0.5) is 11.4 Å². The third-order valence-corrected chi connectivity index (χ3v) is 8.31. The van der Waals surface area contributed by atoms with Crippen molar-refractivity contribution < 1.29 is 14.3 Å². The highest BCUT2D eigenvalue weighted by Crippen LogP contribution is 2.63. The van der Waals surface area contributed by atoms with Gasteiger partial charge in [-0.05, 0) is 84.4 Å². The van der Waals surface area contributed by atoms with E-state index in [1.54, 1.807) is 0 Å². The van der Waals surface area contributed by atoms with E-state index in [-0.39, 0.29) is 5.91 Å². The first-order valence-electron chi connectivity index (χ1n) is 12.4. The van der Waals surface area contributed by atoms with Crippen LogP contribution in [-0.2, 0) is 0 Å². The number of carbonyl (C=O) groups excluding carboxylic acids is 1. The Kier molecular flexibility index (Phi) is 4.57. The maximum Gasteiger partial charge on any atom is 0.255 e. The second-order valence-corrected chi connectivity index (χ2v) is 10.1. The summed E-state index contributed by atoms with van der Waals surface area (Å²) in [6.45, 7) is 1.08. The Morgan fingerprint density at radius 2 is 1.71 bits per heavy atom. The van der Waals surface area contributed by atoms with Crippen LogP contribution in [0.25, 0.3) is 0 Å². The van der Waals surface area contributed by atoms with E-state index in [2.05, 4.69) is 53.1 Å². The molecule has 5 heteroatoms. The van der Waals surface area contributed by atoms with E-state index < -0.39 is 0 Å². The maximum atomic E-state index is 13.2. The number of benzene rings is 3. The predicted octanol–water partition coefficient (Wildman–Crippen LogP) is 6.01. The molecule has 2 aliphatic carbocycles. The van der Waals surface area contributed by atoms with Gasteiger partial charge in [0.2, 0.25) is 0 Å². The second kappa shape index (κ2) is 7.79. The number of rotatable bonds is 3. The van der Waals surface area contributed by atoms with Crippen molar-refractivity contribution in [3.8, 4) is 11.5 Å². The molecule has 34 heavy (non-hydrogen) atoms. The maximum absolute atomic E-state index is 13.2. The van der Waals surface area contributed by atoms with Gasteiger partial charge >= 0.3 is 0 Å². The van der Waals surface area contributed by atoms with Crippen LogP contribution in [0, 0.1) is 17.8 Å². The number of nitrogens with one attached hydrogen (secondary N) is 2. The smallest absolute Gasteiger partial charge is 0.255 e. The molecule has 0 radical (unpaired) electrons. The van der Waals surface area contributed by atoms with Gasteiger partial charge in [0.1, 0.15) is 13.2 Å². The summed E-state index contributed by atoms with van der Waals surface area (Å²) >= 11 is 0. The van der Waals surface area contributed by atoms with E-state index in [1.807, 2.05) is 24.3 Å². The summed E-state index contributed by atoms with van der Waals surface area (Å²) in [5, 5.41) is 6.91. The lowest BCUT2D eigenvalue weighted by Crippen LogP contribution is -2.35. The van der Waals surface area contributed by atoms with Crippen molar-refractivity contribution in [3.05, 3.63) is 83.4 Å². The molecule has 7 rings (SSSR count). The molecule has 0 saturated heterocycles. The topological polar surface area (TPSA) is 59.6 Å². The first-order chi connectivity index (χ1) is 16.7. The number of fused-ring (bicyclic) bond motifs is 8. The molecule has 4 aliphatic rings. The number of carbonyl (C=O) groups is 1. The van der Waals surface area contributed by atoms with Gasteiger partial charge in [-0.2, -0.15) is 0 Å². The summed E-state index contributed by atoms with van der Waals surface area (Å²) in [6.07, 6.45) is 3.95. The fourth-order valence-corrected chi connectivity index (χ4v) is 6.94. The van der Waals surface area contributed by atoms with Gasteiger partial charge in [0.15, 0.2) is 11.5 Å². The van der Waals surface area contributed by atoms with Gasteiger partial charge in [-0.3, -0.25) is 4.79 Å². The van der Waals surface area contributed by atoms with Crippen LogP contribution in [0.2, 0.25) is 0 Å². The lowest BCUT2D eigenvalue weighted by molar-refractivity contribution is 0.102. The largest absolute Gasteiger partial charge is 0.486 e. The van der Waals surface area contributed by atoms with Gasteiger partial charge < -0.3 is 20.1 Å². The SMILES string of the molecule is O=C(Nc1ccc2c(c1)OCCO2)c1ccc2c(c1)[C@@H]1[C@H]3CC[C@@H](C3)[C@@H]1[C@H](c1ccccc1)N2. The van der Waals surface area contributed by atoms with Crippen molar-refractivity contribution in [1.82, 2.24) is 0 Å². The lowest BCUT2D eigenvalue weighted by atomic mass is 9.68. The zero-order valence-corrected chi connectivity index (χ0v) is 19.0. The number of hydrogen-bond donors (Lipinski definition) is 2. The molecular formula is C29H28N2O3. The zero-order valence-electron chi connectivity index (χ0n) is 19.0. The number of hydrogen-bond acceptors (Lipinski definition) is 4. The molecule has 2 aliphatic heterocycles. The van der Waals surface area contributed by atoms with Gasteiger partial charge in [-0.15, -0.1) is 0 Å². The van der Waals surface area contributed by atoms with Gasteiger partial charge in [-0.25, -0.2) is 0 Å². The average Bonchev–Trinajstić information content (AvgIpc) is 3.51. The first-order valence-corrected chi connectivity index (χ1v) is 12.4. The molecule has 5 atom stereocenters. The Labute approximate surface area is 199 Å². The molecule has 3 aromatic carbocycles. The summed E-state index contributed by atoms with van der Waals surface area (Å²) in [5.41, 5.74) is 5.29. The molecule has 0 spiro atoms. The van der Waals surface area contributed by atoms with Crippen LogP contribution < -0.4 is 20.1 Å². The van der Waals surface area contributed by atoms with Crippen molar-refractivity contribution in [3.63, 3.8) is 0 Å². The molecule has 0 unspecified atom stereocenters. The molecule has 2 saturated carbocycles. The van der Waals surface area contributed by atoms with Crippen molar-refractivity contribution in [2.24, 2.45) is 17.8 Å². The van der Waals surface area contributed by atoms with Crippen LogP contribution in [0.3, 0.4) is 0 Å². The number of ether oxygens (including phenoxy) is 2. The standard InChI is InChI=1S/C29H28N2O3/c32-29(30-21-9-11-24-25(16-21)34-13-12-33-24)20-8-10-23-22(15-20)26-18-6-7-19(14-18)27(26)28(31-23)17-4-2-1-3-5-17/h1-5,8-11,15-16,18-19,26-28,31H,6-7,12-14H2,(H,30,32)/t18-,19-,26-,27-,28-/m0/s1. The highest BCUT2D eigenvalue weighted by Gasteiger charge is 2.53. The number of anilines is 2. The van der Waals surface area contributed by atoms with Crippen LogP contribution >= 0.6 is 0 Å². The van der Waals surface area contributed by atoms with E-state index in [1.165, 1.54) is 36.1 Å². The molecule has 2 heterocycles. The quantitative estimate of drug-likeness (QED) is 0.511. The van der Waals surface area contributed by atoms with E-state index in [4.69, 9.17) is 9.47 Å². The summed E-state index contributed by atoms with van der Waals surface area (Å²) in [7, 11) is 0. The average molecular weight is 453 g/mol. The van der Waals surface area contributed by atoms with Gasteiger partial charge in [0.25, 0.3) is 5.91 Å². The van der Waals surface area contributed by atoms with E-state index in [9.17, 15) is 4.79 Å². The molecule has 2 fully saturated rings. The Morgan fingerprint density at radius 3 is 2.59 bits per heavy atom. The van der Waals surface area contributed by atoms with Gasteiger partial charge in [0, 0.05) is 23.0 Å². The van der Waals surface area contributed by atoms with Crippen molar-refractivity contribution >= 4 is 17.3 Å². The van der Waals surface area contributed by atoms with Crippen LogP contribution in [0.1, 0.15) is 52.7 Å². The van der Waals surface area contributed by atoms with Crippen molar-refractivity contribution in [2.45, 2.75) is 31.2 Å². The third kappa shape index (κ3) is 3.17. The van der Waals surface area contributed by atoms with E-state index in [0.717, 1.165) is 17.6 Å².